The Kier molecular flexibility index (Phi) is 5.00. The van der Waals surface area contributed by atoms with Gasteiger partial charge in [-0.25, -0.2) is 4.98 Å². The first-order valence-electron chi connectivity index (χ1n) is 10.2. The average molecular weight is 428 g/mol. The number of nitrogens with zero attached hydrogens (tertiary/aromatic N) is 2. The van der Waals surface area contributed by atoms with Gasteiger partial charge in [-0.15, -0.1) is 11.3 Å². The van der Waals surface area contributed by atoms with Crippen LogP contribution in [0.5, 0.6) is 0 Å². The van der Waals surface area contributed by atoms with Gasteiger partial charge in [0.2, 0.25) is 11.8 Å². The van der Waals surface area contributed by atoms with E-state index in [1.54, 1.807) is 16.2 Å². The normalized spacial score (nSPS) is 16.1. The lowest BCUT2D eigenvalue weighted by atomic mass is 10.1. The third-order valence-electron chi connectivity index (χ3n) is 5.51. The van der Waals surface area contributed by atoms with Gasteiger partial charge >= 0.3 is 0 Å². The summed E-state index contributed by atoms with van der Waals surface area (Å²) >= 11 is 1.66. The molecule has 2 heterocycles. The summed E-state index contributed by atoms with van der Waals surface area (Å²) in [5.41, 5.74) is 4.78. The van der Waals surface area contributed by atoms with Crippen LogP contribution in [0.4, 0.5) is 11.4 Å². The third-order valence-corrected chi connectivity index (χ3v) is 6.57. The molecule has 1 aliphatic rings. The van der Waals surface area contributed by atoms with Crippen molar-refractivity contribution in [3.8, 4) is 10.6 Å². The quantitative estimate of drug-likeness (QED) is 0.483. The first-order valence-corrected chi connectivity index (χ1v) is 11.0. The second kappa shape index (κ2) is 7.96. The van der Waals surface area contributed by atoms with Crippen molar-refractivity contribution in [3.63, 3.8) is 0 Å². The Balaban J connectivity index is 1.27. The number of thiazole rings is 1. The number of rotatable bonds is 4. The van der Waals surface area contributed by atoms with Crippen LogP contribution in [0.1, 0.15) is 12.0 Å². The van der Waals surface area contributed by atoms with E-state index in [2.05, 4.69) is 24.4 Å². The second-order valence-corrected chi connectivity index (χ2v) is 8.83. The zero-order chi connectivity index (χ0) is 21.4. The summed E-state index contributed by atoms with van der Waals surface area (Å²) in [4.78, 5) is 31.5. The first kappa shape index (κ1) is 19.5. The molecule has 0 spiro atoms. The maximum absolute atomic E-state index is 12.7. The number of aromatic nitrogens is 1. The molecule has 1 aromatic heterocycles. The summed E-state index contributed by atoms with van der Waals surface area (Å²) in [6, 6.07) is 23.4. The zero-order valence-corrected chi connectivity index (χ0v) is 17.9. The molecular formula is C25H21N3O2S. The SMILES string of the molecule is Cc1ccc2nc(-c3ccc(NC(=O)C4CC(=O)N(c5ccccc5)C4)cc3)sc2c1. The van der Waals surface area contributed by atoms with Gasteiger partial charge in [-0.3, -0.25) is 9.59 Å². The maximum Gasteiger partial charge on any atom is 0.229 e. The fourth-order valence-corrected chi connectivity index (χ4v) is 4.91. The van der Waals surface area contributed by atoms with Crippen molar-refractivity contribution in [2.24, 2.45) is 5.92 Å². The monoisotopic (exact) mass is 427 g/mol. The molecule has 1 N–H and O–H groups in total. The number of hydrogen-bond acceptors (Lipinski definition) is 4. The summed E-state index contributed by atoms with van der Waals surface area (Å²) < 4.78 is 1.17. The van der Waals surface area contributed by atoms with Gasteiger partial charge in [-0.1, -0.05) is 24.3 Å². The number of para-hydroxylation sites is 1. The lowest BCUT2D eigenvalue weighted by Crippen LogP contribution is -2.28. The number of nitrogens with one attached hydrogen (secondary N) is 1. The molecule has 1 aliphatic heterocycles. The summed E-state index contributed by atoms with van der Waals surface area (Å²) in [6.45, 7) is 2.48. The smallest absolute Gasteiger partial charge is 0.229 e. The van der Waals surface area contributed by atoms with Crippen molar-refractivity contribution in [2.75, 3.05) is 16.8 Å². The van der Waals surface area contributed by atoms with E-state index >= 15 is 0 Å². The molecule has 1 saturated heterocycles. The van der Waals surface area contributed by atoms with Gasteiger partial charge in [-0.05, 0) is 61.0 Å². The van der Waals surface area contributed by atoms with E-state index in [1.165, 1.54) is 10.3 Å². The Morgan fingerprint density at radius 1 is 1.06 bits per heavy atom. The summed E-state index contributed by atoms with van der Waals surface area (Å²) in [5.74, 6) is -0.511. The summed E-state index contributed by atoms with van der Waals surface area (Å²) in [7, 11) is 0. The molecule has 0 saturated carbocycles. The number of fused-ring (bicyclic) bond motifs is 1. The number of carbonyl (C=O) groups excluding carboxylic acids is 2. The maximum atomic E-state index is 12.7. The van der Waals surface area contributed by atoms with E-state index in [-0.39, 0.29) is 24.2 Å². The molecule has 1 atom stereocenters. The number of carbonyl (C=O) groups is 2. The van der Waals surface area contributed by atoms with Crippen LogP contribution in [0.2, 0.25) is 0 Å². The molecule has 3 aromatic carbocycles. The number of benzene rings is 3. The van der Waals surface area contributed by atoms with E-state index in [9.17, 15) is 9.59 Å². The van der Waals surface area contributed by atoms with Gasteiger partial charge in [0.25, 0.3) is 0 Å². The molecule has 1 unspecified atom stereocenters. The van der Waals surface area contributed by atoms with Crippen LogP contribution < -0.4 is 10.2 Å². The van der Waals surface area contributed by atoms with Crippen LogP contribution in [0.25, 0.3) is 20.8 Å². The number of amides is 2. The zero-order valence-electron chi connectivity index (χ0n) is 17.0. The predicted molar refractivity (Wildman–Crippen MR) is 125 cm³/mol. The van der Waals surface area contributed by atoms with Crippen LogP contribution in [0.3, 0.4) is 0 Å². The summed E-state index contributed by atoms with van der Waals surface area (Å²) in [5, 5.41) is 3.91. The molecule has 31 heavy (non-hydrogen) atoms. The van der Waals surface area contributed by atoms with Gasteiger partial charge in [0.1, 0.15) is 5.01 Å². The molecule has 6 heteroatoms. The highest BCUT2D eigenvalue weighted by Gasteiger charge is 2.35. The molecule has 0 aliphatic carbocycles. The van der Waals surface area contributed by atoms with Crippen LogP contribution in [0.15, 0.2) is 72.8 Å². The van der Waals surface area contributed by atoms with Crippen LogP contribution in [-0.2, 0) is 9.59 Å². The first-order chi connectivity index (χ1) is 15.1. The van der Waals surface area contributed by atoms with E-state index < -0.39 is 0 Å². The minimum atomic E-state index is -0.361. The third kappa shape index (κ3) is 3.94. The molecule has 1 fully saturated rings. The number of hydrogen-bond donors (Lipinski definition) is 1. The fraction of sp³-hybridized carbons (Fsp3) is 0.160. The Bertz CT molecular complexity index is 1270. The highest BCUT2D eigenvalue weighted by Crippen LogP contribution is 2.31. The van der Waals surface area contributed by atoms with Crippen LogP contribution >= 0.6 is 11.3 Å². The number of aryl methyl sites for hydroxylation is 1. The van der Waals surface area contributed by atoms with Gasteiger partial charge in [0, 0.05) is 29.9 Å². The minimum Gasteiger partial charge on any atom is -0.326 e. The molecule has 5 nitrogen and oxygen atoms in total. The predicted octanol–water partition coefficient (Wildman–Crippen LogP) is 5.26. The molecule has 0 radical (unpaired) electrons. The topological polar surface area (TPSA) is 62.3 Å². The van der Waals surface area contributed by atoms with Crippen molar-refractivity contribution in [3.05, 3.63) is 78.4 Å². The number of anilines is 2. The molecule has 4 aromatic rings. The highest BCUT2D eigenvalue weighted by atomic mass is 32.1. The van der Waals surface area contributed by atoms with Crippen molar-refractivity contribution in [1.82, 2.24) is 4.98 Å². The van der Waals surface area contributed by atoms with Crippen LogP contribution in [0, 0.1) is 12.8 Å². The van der Waals surface area contributed by atoms with E-state index in [1.807, 2.05) is 60.7 Å². The van der Waals surface area contributed by atoms with E-state index in [0.717, 1.165) is 27.5 Å². The molecule has 5 rings (SSSR count). The lowest BCUT2D eigenvalue weighted by molar-refractivity contribution is -0.122. The summed E-state index contributed by atoms with van der Waals surface area (Å²) in [6.07, 6.45) is 0.226. The van der Waals surface area contributed by atoms with E-state index in [4.69, 9.17) is 4.98 Å². The van der Waals surface area contributed by atoms with Crippen LogP contribution in [-0.4, -0.2) is 23.3 Å². The Labute approximate surface area is 184 Å². The second-order valence-electron chi connectivity index (χ2n) is 7.80. The lowest BCUT2D eigenvalue weighted by Gasteiger charge is -2.16. The Morgan fingerprint density at radius 2 is 1.84 bits per heavy atom. The Morgan fingerprint density at radius 3 is 2.61 bits per heavy atom. The van der Waals surface area contributed by atoms with Gasteiger partial charge in [0.15, 0.2) is 0 Å². The van der Waals surface area contributed by atoms with Crippen molar-refractivity contribution in [2.45, 2.75) is 13.3 Å². The average Bonchev–Trinajstić information content (AvgIpc) is 3.38. The molecule has 0 bridgehead atoms. The van der Waals surface area contributed by atoms with Crippen molar-refractivity contribution < 1.29 is 9.59 Å². The highest BCUT2D eigenvalue weighted by molar-refractivity contribution is 7.21. The van der Waals surface area contributed by atoms with E-state index in [0.29, 0.717) is 6.54 Å². The standard InChI is InChI=1S/C25H21N3O2S/c1-16-7-12-21-22(13-16)31-25(27-21)17-8-10-19(11-9-17)26-24(30)18-14-23(29)28(15-18)20-5-3-2-4-6-20/h2-13,18H,14-15H2,1H3,(H,26,30). The minimum absolute atomic E-state index is 0.0206. The van der Waals surface area contributed by atoms with Gasteiger partial charge in [-0.2, -0.15) is 0 Å². The Hall–Kier alpha value is -3.51. The molecule has 2 amide bonds. The molecular weight excluding hydrogens is 406 g/mol. The van der Waals surface area contributed by atoms with Gasteiger partial charge in [0.05, 0.1) is 16.1 Å². The van der Waals surface area contributed by atoms with Crippen molar-refractivity contribution >= 4 is 44.7 Å². The van der Waals surface area contributed by atoms with Crippen molar-refractivity contribution in [1.29, 1.82) is 0 Å². The molecule has 154 valence electrons. The fourth-order valence-electron chi connectivity index (χ4n) is 3.84. The largest absolute Gasteiger partial charge is 0.326 e. The van der Waals surface area contributed by atoms with Gasteiger partial charge < -0.3 is 10.2 Å².